The average Bonchev–Trinajstić information content (AvgIpc) is 2.36. The SMILES string of the molecule is CC1(C)OC(=O)C(=CNc2ccc(Cl)cc2S(=O)(=O)O)C(=O)O1. The van der Waals surface area contributed by atoms with Crippen LogP contribution in [0, 0.1) is 0 Å². The Morgan fingerprint density at radius 1 is 1.22 bits per heavy atom. The molecule has 1 fully saturated rings. The summed E-state index contributed by atoms with van der Waals surface area (Å²) in [6, 6.07) is 3.63. The van der Waals surface area contributed by atoms with E-state index in [0.717, 1.165) is 12.3 Å². The monoisotopic (exact) mass is 361 g/mol. The summed E-state index contributed by atoms with van der Waals surface area (Å²) >= 11 is 5.68. The highest BCUT2D eigenvalue weighted by Crippen LogP contribution is 2.26. The summed E-state index contributed by atoms with van der Waals surface area (Å²) in [5, 5.41) is 2.52. The van der Waals surface area contributed by atoms with E-state index in [9.17, 15) is 22.6 Å². The molecule has 1 aliphatic rings. The first-order valence-electron chi connectivity index (χ1n) is 6.20. The largest absolute Gasteiger partial charge is 0.419 e. The Kier molecular flexibility index (Phi) is 4.38. The van der Waals surface area contributed by atoms with Crippen molar-refractivity contribution in [1.82, 2.24) is 0 Å². The highest BCUT2D eigenvalue weighted by atomic mass is 35.5. The summed E-state index contributed by atoms with van der Waals surface area (Å²) in [6.07, 6.45) is 0.928. The number of halogens is 1. The van der Waals surface area contributed by atoms with Gasteiger partial charge in [-0.25, -0.2) is 9.59 Å². The Bertz CT molecular complexity index is 792. The first-order valence-corrected chi connectivity index (χ1v) is 8.02. The summed E-state index contributed by atoms with van der Waals surface area (Å²) in [5.41, 5.74) is -0.546. The smallest absolute Gasteiger partial charge is 0.350 e. The summed E-state index contributed by atoms with van der Waals surface area (Å²) in [7, 11) is -4.56. The summed E-state index contributed by atoms with van der Waals surface area (Å²) in [4.78, 5) is 23.0. The van der Waals surface area contributed by atoms with Gasteiger partial charge in [0.05, 0.1) is 5.69 Å². The van der Waals surface area contributed by atoms with Gasteiger partial charge in [-0.1, -0.05) is 11.6 Å². The Morgan fingerprint density at radius 3 is 2.30 bits per heavy atom. The molecule has 23 heavy (non-hydrogen) atoms. The van der Waals surface area contributed by atoms with Crippen LogP contribution in [0.4, 0.5) is 5.69 Å². The number of carbonyl (C=O) groups excluding carboxylic acids is 2. The molecule has 1 heterocycles. The lowest BCUT2D eigenvalue weighted by Gasteiger charge is -2.29. The summed E-state index contributed by atoms with van der Waals surface area (Å²) in [6.45, 7) is 2.78. The minimum atomic E-state index is -4.56. The molecule has 0 amide bonds. The van der Waals surface area contributed by atoms with Crippen LogP contribution in [-0.2, 0) is 29.2 Å². The number of hydrogen-bond acceptors (Lipinski definition) is 7. The quantitative estimate of drug-likeness (QED) is 0.361. The lowest BCUT2D eigenvalue weighted by atomic mass is 10.2. The van der Waals surface area contributed by atoms with Gasteiger partial charge >= 0.3 is 11.9 Å². The van der Waals surface area contributed by atoms with Gasteiger partial charge in [-0.3, -0.25) is 4.55 Å². The van der Waals surface area contributed by atoms with Crippen molar-refractivity contribution in [3.8, 4) is 0 Å². The van der Waals surface area contributed by atoms with E-state index in [0.29, 0.717) is 0 Å². The van der Waals surface area contributed by atoms with Gasteiger partial charge in [0.25, 0.3) is 15.9 Å². The van der Waals surface area contributed by atoms with E-state index in [1.54, 1.807) is 0 Å². The van der Waals surface area contributed by atoms with Gasteiger partial charge in [-0.05, 0) is 18.2 Å². The number of hydrogen-bond donors (Lipinski definition) is 2. The molecular weight excluding hydrogens is 350 g/mol. The predicted octanol–water partition coefficient (Wildman–Crippen LogP) is 1.72. The number of carbonyl (C=O) groups is 2. The van der Waals surface area contributed by atoms with E-state index in [-0.39, 0.29) is 10.7 Å². The van der Waals surface area contributed by atoms with Crippen molar-refractivity contribution in [1.29, 1.82) is 0 Å². The third-order valence-corrected chi connectivity index (χ3v) is 3.84. The van der Waals surface area contributed by atoms with Crippen LogP contribution in [0.1, 0.15) is 13.8 Å². The topological polar surface area (TPSA) is 119 Å². The maximum atomic E-state index is 11.8. The van der Waals surface area contributed by atoms with Gasteiger partial charge in [-0.15, -0.1) is 0 Å². The van der Waals surface area contributed by atoms with Crippen LogP contribution in [0.2, 0.25) is 5.02 Å². The molecule has 1 saturated heterocycles. The number of anilines is 1. The van der Waals surface area contributed by atoms with E-state index >= 15 is 0 Å². The molecule has 0 aliphatic carbocycles. The van der Waals surface area contributed by atoms with Crippen LogP contribution in [0.25, 0.3) is 0 Å². The van der Waals surface area contributed by atoms with E-state index < -0.39 is 38.3 Å². The molecule has 0 radical (unpaired) electrons. The van der Waals surface area contributed by atoms with Crippen LogP contribution in [0.5, 0.6) is 0 Å². The number of benzene rings is 1. The minimum absolute atomic E-state index is 0.0778. The first kappa shape index (κ1) is 17.3. The Morgan fingerprint density at radius 2 is 1.78 bits per heavy atom. The van der Waals surface area contributed by atoms with Crippen molar-refractivity contribution < 1.29 is 32.0 Å². The third kappa shape index (κ3) is 4.01. The molecule has 1 aromatic rings. The zero-order valence-electron chi connectivity index (χ0n) is 12.0. The number of rotatable bonds is 3. The van der Waals surface area contributed by atoms with Crippen LogP contribution >= 0.6 is 11.6 Å². The molecule has 2 N–H and O–H groups in total. The van der Waals surface area contributed by atoms with E-state index in [1.807, 2.05) is 0 Å². The maximum absolute atomic E-state index is 11.8. The van der Waals surface area contributed by atoms with Crippen LogP contribution in [0.3, 0.4) is 0 Å². The van der Waals surface area contributed by atoms with E-state index in [2.05, 4.69) is 5.32 Å². The second kappa shape index (κ2) is 5.84. The first-order chi connectivity index (χ1) is 10.5. The molecule has 0 atom stereocenters. The van der Waals surface area contributed by atoms with Crippen LogP contribution in [-0.4, -0.2) is 30.7 Å². The molecule has 1 aromatic carbocycles. The molecule has 0 aromatic heterocycles. The normalized spacial score (nSPS) is 17.3. The highest BCUT2D eigenvalue weighted by Gasteiger charge is 2.39. The van der Waals surface area contributed by atoms with Crippen molar-refractivity contribution in [2.24, 2.45) is 0 Å². The Balaban J connectivity index is 2.34. The van der Waals surface area contributed by atoms with Crippen molar-refractivity contribution in [3.63, 3.8) is 0 Å². The van der Waals surface area contributed by atoms with Gasteiger partial charge < -0.3 is 14.8 Å². The summed E-state index contributed by atoms with van der Waals surface area (Å²) in [5.74, 6) is -3.24. The third-order valence-electron chi connectivity index (χ3n) is 2.71. The molecule has 124 valence electrons. The highest BCUT2D eigenvalue weighted by molar-refractivity contribution is 7.86. The van der Waals surface area contributed by atoms with E-state index in [1.165, 1.54) is 26.0 Å². The second-order valence-corrected chi connectivity index (χ2v) is 6.82. The van der Waals surface area contributed by atoms with Crippen LogP contribution < -0.4 is 5.32 Å². The molecule has 0 saturated carbocycles. The Labute approximate surface area is 136 Å². The van der Waals surface area contributed by atoms with E-state index in [4.69, 9.17) is 21.1 Å². The van der Waals surface area contributed by atoms with Crippen LogP contribution in [0.15, 0.2) is 34.9 Å². The van der Waals surface area contributed by atoms with Gasteiger partial charge in [0.1, 0.15) is 4.90 Å². The fourth-order valence-corrected chi connectivity index (χ4v) is 2.67. The number of nitrogens with one attached hydrogen (secondary N) is 1. The van der Waals surface area contributed by atoms with Crippen molar-refractivity contribution in [2.45, 2.75) is 24.5 Å². The molecule has 1 aliphatic heterocycles. The molecule has 10 heteroatoms. The fraction of sp³-hybridized carbons (Fsp3) is 0.231. The van der Waals surface area contributed by atoms with Gasteiger partial charge in [0.2, 0.25) is 0 Å². The lowest BCUT2D eigenvalue weighted by molar-refractivity contribution is -0.222. The Hall–Kier alpha value is -2.10. The number of cyclic esters (lactones) is 2. The van der Waals surface area contributed by atoms with Gasteiger partial charge in [-0.2, -0.15) is 8.42 Å². The minimum Gasteiger partial charge on any atom is -0.419 e. The van der Waals surface area contributed by atoms with Crippen molar-refractivity contribution in [3.05, 3.63) is 35.0 Å². The molecule has 0 spiro atoms. The van der Waals surface area contributed by atoms with Gasteiger partial charge in [0.15, 0.2) is 5.57 Å². The number of ether oxygens (including phenoxy) is 2. The zero-order valence-corrected chi connectivity index (χ0v) is 13.6. The summed E-state index contributed by atoms with van der Waals surface area (Å²) < 4.78 is 41.6. The average molecular weight is 362 g/mol. The maximum Gasteiger partial charge on any atom is 0.350 e. The molecule has 8 nitrogen and oxygen atoms in total. The van der Waals surface area contributed by atoms with Gasteiger partial charge in [0, 0.05) is 25.1 Å². The molecule has 2 rings (SSSR count). The molecule has 0 unspecified atom stereocenters. The number of esters is 2. The fourth-order valence-electron chi connectivity index (χ4n) is 1.76. The predicted molar refractivity (Wildman–Crippen MR) is 79.2 cm³/mol. The zero-order chi connectivity index (χ0) is 17.4. The molecule has 0 bridgehead atoms. The second-order valence-electron chi connectivity index (χ2n) is 5.00. The lowest BCUT2D eigenvalue weighted by Crippen LogP contribution is -2.42. The molecular formula is C13H12ClNO7S. The van der Waals surface area contributed by atoms with Crippen molar-refractivity contribution in [2.75, 3.05) is 5.32 Å². The standard InChI is InChI=1S/C13H12ClNO7S/c1-13(2)21-11(16)8(12(17)22-13)6-15-9-4-3-7(14)5-10(9)23(18,19)20/h3-6,15H,1-2H3,(H,18,19,20). The van der Waals surface area contributed by atoms with Crippen molar-refractivity contribution >= 4 is 39.3 Å².